The minimum absolute atomic E-state index is 0.209. The molecule has 1 aromatic carbocycles. The molecule has 2 aliphatic rings. The molecule has 1 aromatic heterocycles. The van der Waals surface area contributed by atoms with Gasteiger partial charge in [-0.3, -0.25) is 9.59 Å². The van der Waals surface area contributed by atoms with Crippen LogP contribution < -0.4 is 5.32 Å². The van der Waals surface area contributed by atoms with Gasteiger partial charge in [0.1, 0.15) is 6.04 Å². The summed E-state index contributed by atoms with van der Waals surface area (Å²) in [7, 11) is -3.49. The van der Waals surface area contributed by atoms with Crippen LogP contribution in [0.3, 0.4) is 0 Å². The molecule has 8 nitrogen and oxygen atoms in total. The number of sulfonamides is 1. The summed E-state index contributed by atoms with van der Waals surface area (Å²) < 4.78 is 31.8. The second kappa shape index (κ2) is 8.00. The third-order valence-electron chi connectivity index (χ3n) is 5.37. The summed E-state index contributed by atoms with van der Waals surface area (Å²) in [6.45, 7) is 1.58. The summed E-state index contributed by atoms with van der Waals surface area (Å²) in [6, 6.07) is 8.79. The second-order valence-electron chi connectivity index (χ2n) is 7.26. The number of rotatable bonds is 5. The number of nitrogens with one attached hydrogen (secondary N) is 1. The van der Waals surface area contributed by atoms with Crippen molar-refractivity contribution in [1.82, 2.24) is 9.21 Å². The number of benzene rings is 1. The van der Waals surface area contributed by atoms with E-state index in [0.717, 1.165) is 19.3 Å². The Hall–Kier alpha value is -2.65. The molecule has 1 unspecified atom stereocenters. The molecule has 2 aliphatic heterocycles. The highest BCUT2D eigenvalue weighted by Gasteiger charge is 2.35. The number of hydrogen-bond donors (Lipinski definition) is 1. The maximum absolute atomic E-state index is 12.7. The lowest BCUT2D eigenvalue weighted by molar-refractivity contribution is -0.119. The predicted molar refractivity (Wildman–Crippen MR) is 106 cm³/mol. The Labute approximate surface area is 169 Å². The smallest absolute Gasteiger partial charge is 0.290 e. The van der Waals surface area contributed by atoms with Crippen LogP contribution in [0.2, 0.25) is 0 Å². The first-order chi connectivity index (χ1) is 14.0. The topological polar surface area (TPSA) is 99.9 Å². The number of nitrogens with zero attached hydrogens (tertiary/aromatic N) is 2. The van der Waals surface area contributed by atoms with E-state index in [1.165, 1.54) is 27.6 Å². The van der Waals surface area contributed by atoms with E-state index in [2.05, 4.69) is 5.32 Å². The number of amides is 2. The lowest BCUT2D eigenvalue weighted by Crippen LogP contribution is -2.43. The Morgan fingerprint density at radius 1 is 1.00 bits per heavy atom. The lowest BCUT2D eigenvalue weighted by atomic mass is 10.2. The Bertz CT molecular complexity index is 980. The summed E-state index contributed by atoms with van der Waals surface area (Å²) in [5.41, 5.74) is 0.493. The molecule has 0 bridgehead atoms. The van der Waals surface area contributed by atoms with Gasteiger partial charge in [-0.25, -0.2) is 8.42 Å². The molecule has 2 fully saturated rings. The molecule has 9 heteroatoms. The molecule has 4 rings (SSSR count). The van der Waals surface area contributed by atoms with Crippen molar-refractivity contribution in [3.63, 3.8) is 0 Å². The number of anilines is 1. The van der Waals surface area contributed by atoms with Gasteiger partial charge < -0.3 is 14.6 Å². The molecule has 29 heavy (non-hydrogen) atoms. The lowest BCUT2D eigenvalue weighted by Gasteiger charge is -2.23. The highest BCUT2D eigenvalue weighted by molar-refractivity contribution is 7.89. The van der Waals surface area contributed by atoms with Gasteiger partial charge in [-0.2, -0.15) is 4.31 Å². The van der Waals surface area contributed by atoms with E-state index < -0.39 is 16.1 Å². The summed E-state index contributed by atoms with van der Waals surface area (Å²) in [6.07, 6.45) is 4.48. The van der Waals surface area contributed by atoms with Gasteiger partial charge in [-0.05, 0) is 62.1 Å². The molecule has 0 aliphatic carbocycles. The van der Waals surface area contributed by atoms with Gasteiger partial charge in [-0.1, -0.05) is 0 Å². The summed E-state index contributed by atoms with van der Waals surface area (Å²) >= 11 is 0. The van der Waals surface area contributed by atoms with Gasteiger partial charge in [0.15, 0.2) is 5.76 Å². The van der Waals surface area contributed by atoms with Crippen LogP contribution in [0.25, 0.3) is 0 Å². The minimum Gasteiger partial charge on any atom is -0.459 e. The molecule has 3 heterocycles. The Balaban J connectivity index is 1.43. The monoisotopic (exact) mass is 417 g/mol. The normalized spacial score (nSPS) is 20.1. The molecule has 0 radical (unpaired) electrons. The standard InChI is InChI=1S/C20H23N3O5S/c24-19(17-5-3-13-23(17)20(25)18-6-4-14-28-18)21-15-7-9-16(10-8-15)29(26,27)22-11-1-2-12-22/h4,6-10,14,17H,1-3,5,11-13H2,(H,21,24). The van der Waals surface area contributed by atoms with Crippen molar-refractivity contribution in [2.24, 2.45) is 0 Å². The van der Waals surface area contributed by atoms with E-state index in [1.807, 2.05) is 0 Å². The van der Waals surface area contributed by atoms with Gasteiger partial charge in [-0.15, -0.1) is 0 Å². The quantitative estimate of drug-likeness (QED) is 0.805. The first-order valence-electron chi connectivity index (χ1n) is 9.72. The number of likely N-dealkylation sites (tertiary alicyclic amines) is 1. The van der Waals surface area contributed by atoms with Crippen molar-refractivity contribution < 1.29 is 22.4 Å². The van der Waals surface area contributed by atoms with Gasteiger partial charge in [0.25, 0.3) is 5.91 Å². The third kappa shape index (κ3) is 3.92. The summed E-state index contributed by atoms with van der Waals surface area (Å²) in [5.74, 6) is -0.390. The number of carbonyl (C=O) groups excluding carboxylic acids is 2. The fraction of sp³-hybridized carbons (Fsp3) is 0.400. The van der Waals surface area contributed by atoms with Crippen molar-refractivity contribution in [3.8, 4) is 0 Å². The highest BCUT2D eigenvalue weighted by atomic mass is 32.2. The van der Waals surface area contributed by atoms with Crippen LogP contribution in [0, 0.1) is 0 Å². The van der Waals surface area contributed by atoms with Crippen molar-refractivity contribution in [2.75, 3.05) is 25.0 Å². The average molecular weight is 417 g/mol. The number of hydrogen-bond acceptors (Lipinski definition) is 5. The zero-order valence-corrected chi connectivity index (χ0v) is 16.7. The van der Waals surface area contributed by atoms with Crippen molar-refractivity contribution >= 4 is 27.5 Å². The maximum atomic E-state index is 12.7. The van der Waals surface area contributed by atoms with Gasteiger partial charge in [0.2, 0.25) is 15.9 Å². The van der Waals surface area contributed by atoms with E-state index in [-0.39, 0.29) is 22.5 Å². The molecule has 2 aromatic rings. The molecule has 1 atom stereocenters. The average Bonchev–Trinajstić information content (AvgIpc) is 3.50. The first-order valence-corrected chi connectivity index (χ1v) is 11.2. The summed E-state index contributed by atoms with van der Waals surface area (Å²) in [5, 5.41) is 2.79. The van der Waals surface area contributed by atoms with Gasteiger partial charge in [0.05, 0.1) is 11.2 Å². The zero-order chi connectivity index (χ0) is 20.4. The Morgan fingerprint density at radius 2 is 1.72 bits per heavy atom. The highest BCUT2D eigenvalue weighted by Crippen LogP contribution is 2.24. The fourth-order valence-corrected chi connectivity index (χ4v) is 5.35. The predicted octanol–water partition coefficient (Wildman–Crippen LogP) is 2.31. The van der Waals surface area contributed by atoms with Crippen LogP contribution in [0.1, 0.15) is 36.2 Å². The minimum atomic E-state index is -3.49. The van der Waals surface area contributed by atoms with Crippen LogP contribution in [0.5, 0.6) is 0 Å². The third-order valence-corrected chi connectivity index (χ3v) is 7.29. The van der Waals surface area contributed by atoms with Crippen molar-refractivity contribution in [2.45, 2.75) is 36.6 Å². The number of carbonyl (C=O) groups is 2. The molecular formula is C20H23N3O5S. The van der Waals surface area contributed by atoms with E-state index in [4.69, 9.17) is 4.42 Å². The van der Waals surface area contributed by atoms with Crippen LogP contribution in [0.15, 0.2) is 52.0 Å². The Morgan fingerprint density at radius 3 is 2.38 bits per heavy atom. The zero-order valence-electron chi connectivity index (χ0n) is 15.9. The molecule has 154 valence electrons. The molecule has 0 saturated carbocycles. The van der Waals surface area contributed by atoms with Crippen LogP contribution in [-0.2, 0) is 14.8 Å². The largest absolute Gasteiger partial charge is 0.459 e. The first kappa shape index (κ1) is 19.7. The van der Waals surface area contributed by atoms with Crippen molar-refractivity contribution in [1.29, 1.82) is 0 Å². The molecule has 1 N–H and O–H groups in total. The number of furan rings is 1. The fourth-order valence-electron chi connectivity index (χ4n) is 3.84. The van der Waals surface area contributed by atoms with Crippen LogP contribution in [0.4, 0.5) is 5.69 Å². The molecular weight excluding hydrogens is 394 g/mol. The van der Waals surface area contributed by atoms with Crippen molar-refractivity contribution in [3.05, 3.63) is 48.4 Å². The SMILES string of the molecule is O=C(Nc1ccc(S(=O)(=O)N2CCCC2)cc1)C1CCCN1C(=O)c1ccco1. The maximum Gasteiger partial charge on any atom is 0.290 e. The second-order valence-corrected chi connectivity index (χ2v) is 9.20. The van der Waals surface area contributed by atoms with Gasteiger partial charge in [0, 0.05) is 25.3 Å². The van der Waals surface area contributed by atoms with Crippen LogP contribution in [-0.4, -0.2) is 55.1 Å². The van der Waals surface area contributed by atoms with Crippen LogP contribution >= 0.6 is 0 Å². The van der Waals surface area contributed by atoms with E-state index in [0.29, 0.717) is 31.7 Å². The molecule has 0 spiro atoms. The van der Waals surface area contributed by atoms with Gasteiger partial charge >= 0.3 is 0 Å². The molecule has 2 saturated heterocycles. The Kier molecular flexibility index (Phi) is 5.42. The molecule has 2 amide bonds. The summed E-state index contributed by atoms with van der Waals surface area (Å²) in [4.78, 5) is 27.0. The van der Waals surface area contributed by atoms with E-state index in [1.54, 1.807) is 24.3 Å². The van der Waals surface area contributed by atoms with E-state index >= 15 is 0 Å². The van der Waals surface area contributed by atoms with E-state index in [9.17, 15) is 18.0 Å².